The second kappa shape index (κ2) is 10.1. The Morgan fingerprint density at radius 1 is 1.13 bits per heavy atom. The summed E-state index contributed by atoms with van der Waals surface area (Å²) in [5, 5.41) is 2.68. The molecule has 2 aromatic rings. The SMILES string of the molecule is CC(=O)c1cccc(CN2CCC[C@H](CCC(=O)Nc3ccc(C(F)(F)F)cc3)C2)c1. The number of nitrogens with zero attached hydrogens (tertiary/aromatic N) is 1. The van der Waals surface area contributed by atoms with Crippen molar-refractivity contribution in [1.29, 1.82) is 0 Å². The zero-order valence-electron chi connectivity index (χ0n) is 17.5. The summed E-state index contributed by atoms with van der Waals surface area (Å²) in [6, 6.07) is 12.2. The number of Topliss-reactive ketones (excluding diaryl/α,β-unsaturated/α-hetero) is 1. The van der Waals surface area contributed by atoms with Gasteiger partial charge in [-0.25, -0.2) is 0 Å². The van der Waals surface area contributed by atoms with E-state index in [1.807, 2.05) is 24.3 Å². The maximum atomic E-state index is 12.6. The van der Waals surface area contributed by atoms with Crippen LogP contribution in [-0.4, -0.2) is 29.7 Å². The van der Waals surface area contributed by atoms with Crippen molar-refractivity contribution in [3.05, 3.63) is 65.2 Å². The summed E-state index contributed by atoms with van der Waals surface area (Å²) >= 11 is 0. The van der Waals surface area contributed by atoms with Gasteiger partial charge in [0.25, 0.3) is 0 Å². The van der Waals surface area contributed by atoms with Crippen LogP contribution in [0.1, 0.15) is 54.1 Å². The van der Waals surface area contributed by atoms with Gasteiger partial charge in [-0.1, -0.05) is 18.2 Å². The molecular weight excluding hydrogens is 405 g/mol. The third-order valence-electron chi connectivity index (χ3n) is 5.62. The summed E-state index contributed by atoms with van der Waals surface area (Å²) in [5.41, 5.74) is 1.45. The van der Waals surface area contributed by atoms with Crippen LogP contribution in [0.5, 0.6) is 0 Å². The normalized spacial score (nSPS) is 17.4. The van der Waals surface area contributed by atoms with Crippen molar-refractivity contribution < 1.29 is 22.8 Å². The first-order valence-electron chi connectivity index (χ1n) is 10.5. The van der Waals surface area contributed by atoms with E-state index in [0.29, 0.717) is 23.6 Å². The summed E-state index contributed by atoms with van der Waals surface area (Å²) in [6.07, 6.45) is -1.21. The van der Waals surface area contributed by atoms with Crippen LogP contribution in [0.25, 0.3) is 0 Å². The predicted octanol–water partition coefficient (Wildman–Crippen LogP) is 5.54. The van der Waals surface area contributed by atoms with Crippen molar-refractivity contribution in [2.45, 2.75) is 45.3 Å². The van der Waals surface area contributed by atoms with E-state index in [1.54, 1.807) is 6.92 Å². The molecule has 166 valence electrons. The van der Waals surface area contributed by atoms with Crippen molar-refractivity contribution in [3.63, 3.8) is 0 Å². The molecule has 1 aliphatic rings. The standard InChI is InChI=1S/C24H27F3N2O2/c1-17(30)20-6-2-4-19(14-20)16-29-13-3-5-18(15-29)7-12-23(31)28-22-10-8-21(9-11-22)24(25,26)27/h2,4,6,8-11,14,18H,3,5,7,12-13,15-16H2,1H3,(H,28,31)/t18-/m1/s1. The fourth-order valence-corrected chi connectivity index (χ4v) is 3.98. The molecule has 1 heterocycles. The van der Waals surface area contributed by atoms with Gasteiger partial charge in [-0.05, 0) is 74.5 Å². The third-order valence-corrected chi connectivity index (χ3v) is 5.62. The molecular formula is C24H27F3N2O2. The van der Waals surface area contributed by atoms with Crippen molar-refractivity contribution in [1.82, 2.24) is 4.90 Å². The number of halogens is 3. The number of rotatable bonds is 7. The Balaban J connectivity index is 1.46. The zero-order chi connectivity index (χ0) is 22.4. The van der Waals surface area contributed by atoms with Crippen LogP contribution < -0.4 is 5.32 Å². The maximum absolute atomic E-state index is 12.6. The number of alkyl halides is 3. The van der Waals surface area contributed by atoms with E-state index in [9.17, 15) is 22.8 Å². The monoisotopic (exact) mass is 432 g/mol. The number of hydrogen-bond acceptors (Lipinski definition) is 3. The molecule has 1 atom stereocenters. The second-order valence-electron chi connectivity index (χ2n) is 8.16. The lowest BCUT2D eigenvalue weighted by atomic mass is 9.93. The first kappa shape index (κ1) is 23.0. The Morgan fingerprint density at radius 2 is 1.87 bits per heavy atom. The summed E-state index contributed by atoms with van der Waals surface area (Å²) in [5.74, 6) is 0.256. The van der Waals surface area contributed by atoms with Crippen LogP contribution in [0.3, 0.4) is 0 Å². The minimum atomic E-state index is -4.39. The molecule has 31 heavy (non-hydrogen) atoms. The number of anilines is 1. The molecule has 0 bridgehead atoms. The lowest BCUT2D eigenvalue weighted by Crippen LogP contribution is -2.35. The van der Waals surface area contributed by atoms with Gasteiger partial charge >= 0.3 is 6.18 Å². The molecule has 2 aromatic carbocycles. The molecule has 0 aliphatic carbocycles. The Hall–Kier alpha value is -2.67. The highest BCUT2D eigenvalue weighted by atomic mass is 19.4. The molecule has 0 saturated carbocycles. The molecule has 4 nitrogen and oxygen atoms in total. The van der Waals surface area contributed by atoms with Gasteiger partial charge in [-0.2, -0.15) is 13.2 Å². The van der Waals surface area contributed by atoms with Gasteiger partial charge in [0.15, 0.2) is 5.78 Å². The minimum Gasteiger partial charge on any atom is -0.326 e. The molecule has 3 rings (SSSR count). The van der Waals surface area contributed by atoms with Crippen LogP contribution in [0.15, 0.2) is 48.5 Å². The van der Waals surface area contributed by atoms with E-state index in [1.165, 1.54) is 12.1 Å². The number of benzene rings is 2. The van der Waals surface area contributed by atoms with E-state index in [4.69, 9.17) is 0 Å². The van der Waals surface area contributed by atoms with Crippen LogP contribution in [0.4, 0.5) is 18.9 Å². The fourth-order valence-electron chi connectivity index (χ4n) is 3.98. The lowest BCUT2D eigenvalue weighted by Gasteiger charge is -2.32. The van der Waals surface area contributed by atoms with Gasteiger partial charge in [-0.3, -0.25) is 14.5 Å². The third kappa shape index (κ3) is 6.92. The molecule has 0 unspecified atom stereocenters. The van der Waals surface area contributed by atoms with Crippen molar-refractivity contribution >= 4 is 17.4 Å². The van der Waals surface area contributed by atoms with Crippen LogP contribution in [-0.2, 0) is 17.5 Å². The second-order valence-corrected chi connectivity index (χ2v) is 8.16. The minimum absolute atomic E-state index is 0.0532. The summed E-state index contributed by atoms with van der Waals surface area (Å²) < 4.78 is 37.9. The molecule has 1 fully saturated rings. The summed E-state index contributed by atoms with van der Waals surface area (Å²) in [4.78, 5) is 26.2. The Bertz CT molecular complexity index is 910. The highest BCUT2D eigenvalue weighted by molar-refractivity contribution is 5.94. The predicted molar refractivity (Wildman–Crippen MR) is 114 cm³/mol. The largest absolute Gasteiger partial charge is 0.416 e. The molecule has 1 N–H and O–H groups in total. The number of nitrogens with one attached hydrogen (secondary N) is 1. The Morgan fingerprint density at radius 3 is 2.55 bits per heavy atom. The molecule has 0 radical (unpaired) electrons. The average molecular weight is 432 g/mol. The van der Waals surface area contributed by atoms with E-state index >= 15 is 0 Å². The number of carbonyl (C=O) groups excluding carboxylic acids is 2. The van der Waals surface area contributed by atoms with Gasteiger partial charge in [-0.15, -0.1) is 0 Å². The smallest absolute Gasteiger partial charge is 0.326 e. The number of hydrogen-bond donors (Lipinski definition) is 1. The van der Waals surface area contributed by atoms with Gasteiger partial charge in [0, 0.05) is 30.8 Å². The fraction of sp³-hybridized carbons (Fsp3) is 0.417. The van der Waals surface area contributed by atoms with E-state index in [2.05, 4.69) is 10.2 Å². The molecule has 0 aromatic heterocycles. The van der Waals surface area contributed by atoms with Crippen LogP contribution in [0, 0.1) is 5.92 Å². The van der Waals surface area contributed by atoms with Crippen LogP contribution in [0.2, 0.25) is 0 Å². The molecule has 1 saturated heterocycles. The molecule has 1 aliphatic heterocycles. The van der Waals surface area contributed by atoms with Crippen molar-refractivity contribution in [2.24, 2.45) is 5.92 Å². The highest BCUT2D eigenvalue weighted by Gasteiger charge is 2.30. The zero-order valence-corrected chi connectivity index (χ0v) is 17.5. The van der Waals surface area contributed by atoms with Crippen LogP contribution >= 0.6 is 0 Å². The van der Waals surface area contributed by atoms with Crippen molar-refractivity contribution in [3.8, 4) is 0 Å². The number of likely N-dealkylation sites (tertiary alicyclic amines) is 1. The first-order valence-corrected chi connectivity index (χ1v) is 10.5. The number of ketones is 1. The van der Waals surface area contributed by atoms with Gasteiger partial charge in [0.1, 0.15) is 0 Å². The highest BCUT2D eigenvalue weighted by Crippen LogP contribution is 2.30. The molecule has 1 amide bonds. The van der Waals surface area contributed by atoms with E-state index in [0.717, 1.165) is 56.6 Å². The van der Waals surface area contributed by atoms with Gasteiger partial charge in [0.05, 0.1) is 5.56 Å². The number of amides is 1. The average Bonchev–Trinajstić information content (AvgIpc) is 2.72. The summed E-state index contributed by atoms with van der Waals surface area (Å²) in [7, 11) is 0. The van der Waals surface area contributed by atoms with Crippen molar-refractivity contribution in [2.75, 3.05) is 18.4 Å². The topological polar surface area (TPSA) is 49.4 Å². The van der Waals surface area contributed by atoms with E-state index < -0.39 is 11.7 Å². The lowest BCUT2D eigenvalue weighted by molar-refractivity contribution is -0.137. The Kier molecular flexibility index (Phi) is 7.49. The summed E-state index contributed by atoms with van der Waals surface area (Å²) in [6.45, 7) is 4.21. The number of piperidine rings is 1. The first-order chi connectivity index (χ1) is 14.7. The van der Waals surface area contributed by atoms with Gasteiger partial charge in [0.2, 0.25) is 5.91 Å². The maximum Gasteiger partial charge on any atom is 0.416 e. The quantitative estimate of drug-likeness (QED) is 0.585. The molecule has 0 spiro atoms. The van der Waals surface area contributed by atoms with E-state index in [-0.39, 0.29) is 11.7 Å². The Labute approximate surface area is 180 Å². The molecule has 7 heteroatoms. The number of carbonyl (C=O) groups is 2. The van der Waals surface area contributed by atoms with Gasteiger partial charge < -0.3 is 5.32 Å².